The van der Waals surface area contributed by atoms with Crippen molar-refractivity contribution in [2.24, 2.45) is 0 Å². The van der Waals surface area contributed by atoms with E-state index in [0.29, 0.717) is 44.3 Å². The van der Waals surface area contributed by atoms with Crippen LogP contribution in [0.25, 0.3) is 11.3 Å². The molecule has 1 fully saturated rings. The summed E-state index contributed by atoms with van der Waals surface area (Å²) in [5.41, 5.74) is 1.80. The highest BCUT2D eigenvalue weighted by atomic mass is 16.5. The van der Waals surface area contributed by atoms with Crippen LogP contribution in [0.3, 0.4) is 0 Å². The number of carbonyl (C=O) groups excluding carboxylic acids is 1. The fourth-order valence-corrected chi connectivity index (χ4v) is 3.69. The van der Waals surface area contributed by atoms with E-state index < -0.39 is 0 Å². The molecule has 1 amide bonds. The molecule has 1 aliphatic rings. The van der Waals surface area contributed by atoms with Crippen LogP contribution in [0.15, 0.2) is 60.7 Å². The number of carbonyl (C=O) groups is 1. The first-order valence-corrected chi connectivity index (χ1v) is 11.0. The molecule has 8 nitrogen and oxygen atoms in total. The Morgan fingerprint density at radius 3 is 2.24 bits per heavy atom. The van der Waals surface area contributed by atoms with Crippen LogP contribution in [-0.4, -0.2) is 67.5 Å². The van der Waals surface area contributed by atoms with Crippen LogP contribution < -0.4 is 19.1 Å². The highest BCUT2D eigenvalue weighted by molar-refractivity contribution is 5.78. The second-order valence-corrected chi connectivity index (χ2v) is 7.54. The van der Waals surface area contributed by atoms with E-state index in [2.05, 4.69) is 15.1 Å². The lowest BCUT2D eigenvalue weighted by atomic mass is 10.1. The van der Waals surface area contributed by atoms with Gasteiger partial charge in [0.15, 0.2) is 23.9 Å². The van der Waals surface area contributed by atoms with Crippen LogP contribution in [0.5, 0.6) is 17.2 Å². The van der Waals surface area contributed by atoms with Gasteiger partial charge in [-0.15, -0.1) is 10.2 Å². The van der Waals surface area contributed by atoms with E-state index in [1.165, 1.54) is 0 Å². The summed E-state index contributed by atoms with van der Waals surface area (Å²) in [6.45, 7) is 5.18. The van der Waals surface area contributed by atoms with Gasteiger partial charge in [-0.2, -0.15) is 0 Å². The average Bonchev–Trinajstić information content (AvgIpc) is 2.88. The van der Waals surface area contributed by atoms with Crippen molar-refractivity contribution in [1.82, 2.24) is 15.1 Å². The number of hydrogen-bond donors (Lipinski definition) is 0. The summed E-state index contributed by atoms with van der Waals surface area (Å²) in [5.74, 6) is 2.78. The molecule has 2 aromatic carbocycles. The number of anilines is 1. The molecule has 0 spiro atoms. The maximum Gasteiger partial charge on any atom is 0.260 e. The first-order valence-electron chi connectivity index (χ1n) is 11.0. The fourth-order valence-electron chi connectivity index (χ4n) is 3.69. The van der Waals surface area contributed by atoms with E-state index in [1.54, 1.807) is 19.2 Å². The Labute approximate surface area is 193 Å². The molecule has 0 radical (unpaired) electrons. The summed E-state index contributed by atoms with van der Waals surface area (Å²) in [6, 6.07) is 19.1. The third-order valence-electron chi connectivity index (χ3n) is 5.49. The molecule has 1 aliphatic heterocycles. The van der Waals surface area contributed by atoms with Gasteiger partial charge >= 0.3 is 0 Å². The van der Waals surface area contributed by atoms with Crippen LogP contribution in [-0.2, 0) is 4.79 Å². The Bertz CT molecular complexity index is 1050. The average molecular weight is 449 g/mol. The van der Waals surface area contributed by atoms with E-state index in [1.807, 2.05) is 60.4 Å². The van der Waals surface area contributed by atoms with Crippen LogP contribution in [0, 0.1) is 0 Å². The molecule has 1 saturated heterocycles. The SMILES string of the molecule is CCOc1ccc(-c2ccc(N3CCN(C(=O)COc4ccccc4OC)CC3)nn2)cc1. The Morgan fingerprint density at radius 2 is 1.61 bits per heavy atom. The third kappa shape index (κ3) is 5.52. The van der Waals surface area contributed by atoms with Crippen LogP contribution >= 0.6 is 0 Å². The molecule has 2 heterocycles. The molecule has 0 saturated carbocycles. The number of piperazine rings is 1. The zero-order valence-electron chi connectivity index (χ0n) is 18.9. The number of aromatic nitrogens is 2. The van der Waals surface area contributed by atoms with Gasteiger partial charge in [0.05, 0.1) is 19.4 Å². The number of para-hydroxylation sites is 2. The molecule has 8 heteroatoms. The second-order valence-electron chi connectivity index (χ2n) is 7.54. The molecule has 0 unspecified atom stereocenters. The molecule has 4 rings (SSSR count). The van der Waals surface area contributed by atoms with Crippen LogP contribution in [0.4, 0.5) is 5.82 Å². The van der Waals surface area contributed by atoms with Crippen molar-refractivity contribution in [3.05, 3.63) is 60.7 Å². The predicted octanol–water partition coefficient (Wildman–Crippen LogP) is 3.28. The van der Waals surface area contributed by atoms with E-state index in [9.17, 15) is 4.79 Å². The summed E-state index contributed by atoms with van der Waals surface area (Å²) in [4.78, 5) is 16.5. The number of ether oxygens (including phenoxy) is 3. The lowest BCUT2D eigenvalue weighted by Gasteiger charge is -2.35. The Hall–Kier alpha value is -3.81. The molecule has 0 aliphatic carbocycles. The second kappa shape index (κ2) is 10.7. The highest BCUT2D eigenvalue weighted by Crippen LogP contribution is 2.26. The van der Waals surface area contributed by atoms with E-state index >= 15 is 0 Å². The van der Waals surface area contributed by atoms with Gasteiger partial charge in [0, 0.05) is 31.7 Å². The van der Waals surface area contributed by atoms with E-state index in [0.717, 1.165) is 22.8 Å². The maximum atomic E-state index is 12.6. The number of methoxy groups -OCH3 is 1. The molecule has 1 aromatic heterocycles. The topological polar surface area (TPSA) is 77.0 Å². The number of nitrogens with zero attached hydrogens (tertiary/aromatic N) is 4. The molecule has 0 N–H and O–H groups in total. The van der Waals surface area contributed by atoms with Gasteiger partial charge in [-0.1, -0.05) is 12.1 Å². The normalized spacial score (nSPS) is 13.5. The fraction of sp³-hybridized carbons (Fsp3) is 0.320. The van der Waals surface area contributed by atoms with Crippen LogP contribution in [0.1, 0.15) is 6.92 Å². The van der Waals surface area contributed by atoms with Crippen molar-refractivity contribution in [2.45, 2.75) is 6.92 Å². The van der Waals surface area contributed by atoms with Crippen molar-refractivity contribution >= 4 is 11.7 Å². The molecule has 33 heavy (non-hydrogen) atoms. The van der Waals surface area contributed by atoms with Crippen molar-refractivity contribution < 1.29 is 19.0 Å². The van der Waals surface area contributed by atoms with Gasteiger partial charge in [-0.25, -0.2) is 0 Å². The lowest BCUT2D eigenvalue weighted by Crippen LogP contribution is -2.50. The molecule has 0 atom stereocenters. The minimum atomic E-state index is -0.0440. The number of rotatable bonds is 8. The largest absolute Gasteiger partial charge is 0.494 e. The lowest BCUT2D eigenvalue weighted by molar-refractivity contribution is -0.133. The van der Waals surface area contributed by atoms with E-state index in [-0.39, 0.29) is 12.5 Å². The van der Waals surface area contributed by atoms with Crippen LogP contribution in [0.2, 0.25) is 0 Å². The summed E-state index contributed by atoms with van der Waals surface area (Å²) in [5, 5.41) is 8.79. The van der Waals surface area contributed by atoms with Crippen molar-refractivity contribution in [2.75, 3.05) is 51.4 Å². The summed E-state index contributed by atoms with van der Waals surface area (Å²) < 4.78 is 16.4. The van der Waals surface area contributed by atoms with Crippen molar-refractivity contribution in [1.29, 1.82) is 0 Å². The van der Waals surface area contributed by atoms with Gasteiger partial charge in [-0.3, -0.25) is 4.79 Å². The zero-order valence-corrected chi connectivity index (χ0v) is 18.9. The predicted molar refractivity (Wildman–Crippen MR) is 126 cm³/mol. The quantitative estimate of drug-likeness (QED) is 0.523. The van der Waals surface area contributed by atoms with Gasteiger partial charge in [0.1, 0.15) is 5.75 Å². The maximum absolute atomic E-state index is 12.6. The summed E-state index contributed by atoms with van der Waals surface area (Å²) in [6.07, 6.45) is 0. The van der Waals surface area contributed by atoms with Gasteiger partial charge in [0.25, 0.3) is 5.91 Å². The molecule has 3 aromatic rings. The standard InChI is InChI=1S/C25H28N4O4/c1-3-32-20-10-8-19(9-11-20)21-12-13-24(27-26-21)28-14-16-29(17-15-28)25(30)18-33-23-7-5-4-6-22(23)31-2/h4-13H,3,14-18H2,1-2H3. The molecular weight excluding hydrogens is 420 g/mol. The first kappa shape index (κ1) is 22.4. The third-order valence-corrected chi connectivity index (χ3v) is 5.49. The van der Waals surface area contributed by atoms with E-state index in [4.69, 9.17) is 14.2 Å². The number of hydrogen-bond acceptors (Lipinski definition) is 7. The van der Waals surface area contributed by atoms with Gasteiger partial charge in [-0.05, 0) is 55.5 Å². The monoisotopic (exact) mass is 448 g/mol. The Kier molecular flexibility index (Phi) is 7.24. The van der Waals surface area contributed by atoms with Gasteiger partial charge < -0.3 is 24.0 Å². The van der Waals surface area contributed by atoms with Gasteiger partial charge in [0.2, 0.25) is 0 Å². The molecule has 0 bridgehead atoms. The zero-order chi connectivity index (χ0) is 23.0. The Morgan fingerprint density at radius 1 is 0.879 bits per heavy atom. The minimum absolute atomic E-state index is 0.0169. The van der Waals surface area contributed by atoms with Crippen molar-refractivity contribution in [3.63, 3.8) is 0 Å². The Balaban J connectivity index is 1.29. The molecular formula is C25H28N4O4. The summed E-state index contributed by atoms with van der Waals surface area (Å²) >= 11 is 0. The molecule has 172 valence electrons. The minimum Gasteiger partial charge on any atom is -0.494 e. The number of benzene rings is 2. The number of amides is 1. The summed E-state index contributed by atoms with van der Waals surface area (Å²) in [7, 11) is 1.58. The highest BCUT2D eigenvalue weighted by Gasteiger charge is 2.23. The first-order chi connectivity index (χ1) is 16.2. The smallest absolute Gasteiger partial charge is 0.260 e. The van der Waals surface area contributed by atoms with Crippen molar-refractivity contribution in [3.8, 4) is 28.5 Å².